The SMILES string of the molecule is Cc1ccc(C(=O)C2=C(O)C(=O)N(c3nnc(SCc4ccc(Cl)cc4)s3)C2c2ccncc2)o1. The highest BCUT2D eigenvalue weighted by molar-refractivity contribution is 8.00. The molecule has 3 aromatic heterocycles. The second-order valence-electron chi connectivity index (χ2n) is 7.63. The second-order valence-corrected chi connectivity index (χ2v) is 10.2. The minimum absolute atomic E-state index is 0.0363. The molecule has 1 aliphatic heterocycles. The molecule has 1 unspecified atom stereocenters. The number of anilines is 1. The second kappa shape index (κ2) is 9.65. The first kappa shape index (κ1) is 23.3. The van der Waals surface area contributed by atoms with Gasteiger partial charge in [-0.05, 0) is 54.4 Å². The Morgan fingerprint density at radius 2 is 1.89 bits per heavy atom. The third kappa shape index (κ3) is 4.60. The quantitative estimate of drug-likeness (QED) is 0.190. The fraction of sp³-hybridized carbons (Fsp3) is 0.125. The van der Waals surface area contributed by atoms with Crippen LogP contribution in [0, 0.1) is 6.92 Å². The number of ketones is 1. The number of hydrogen-bond acceptors (Lipinski definition) is 9. The van der Waals surface area contributed by atoms with E-state index in [1.807, 2.05) is 24.3 Å². The van der Waals surface area contributed by atoms with Crippen molar-refractivity contribution in [1.82, 2.24) is 15.2 Å². The van der Waals surface area contributed by atoms with Crippen molar-refractivity contribution < 1.29 is 19.1 Å². The predicted molar refractivity (Wildman–Crippen MR) is 133 cm³/mol. The molecule has 4 heterocycles. The Morgan fingerprint density at radius 1 is 1.14 bits per heavy atom. The molecule has 5 rings (SSSR count). The summed E-state index contributed by atoms with van der Waals surface area (Å²) in [5, 5.41) is 20.1. The number of rotatable bonds is 7. The van der Waals surface area contributed by atoms with Gasteiger partial charge in [0.2, 0.25) is 10.9 Å². The van der Waals surface area contributed by atoms with Crippen LogP contribution in [0.5, 0.6) is 0 Å². The van der Waals surface area contributed by atoms with Gasteiger partial charge in [-0.2, -0.15) is 0 Å². The van der Waals surface area contributed by atoms with Crippen molar-refractivity contribution in [3.05, 3.63) is 99.9 Å². The standard InChI is InChI=1S/C24H17ClN4O4S2/c1-13-2-7-17(33-13)20(30)18-19(15-8-10-26-11-9-15)29(22(32)21(18)31)23-27-28-24(35-23)34-12-14-3-5-16(25)6-4-14/h2-11,19,31H,12H2,1H3. The van der Waals surface area contributed by atoms with Gasteiger partial charge < -0.3 is 9.52 Å². The molecule has 0 aliphatic carbocycles. The topological polar surface area (TPSA) is 109 Å². The van der Waals surface area contributed by atoms with Crippen molar-refractivity contribution in [2.45, 2.75) is 23.1 Å². The highest BCUT2D eigenvalue weighted by Gasteiger charge is 2.46. The number of aryl methyl sites for hydroxylation is 1. The number of benzene rings is 1. The van der Waals surface area contributed by atoms with Crippen molar-refractivity contribution >= 4 is 51.5 Å². The van der Waals surface area contributed by atoms with Gasteiger partial charge in [-0.25, -0.2) is 0 Å². The van der Waals surface area contributed by atoms with Crippen molar-refractivity contribution in [1.29, 1.82) is 0 Å². The zero-order valence-electron chi connectivity index (χ0n) is 18.2. The molecule has 0 saturated heterocycles. The molecule has 1 atom stereocenters. The molecular formula is C24H17ClN4O4S2. The third-order valence-corrected chi connectivity index (χ3v) is 7.70. The van der Waals surface area contributed by atoms with E-state index in [9.17, 15) is 14.7 Å². The van der Waals surface area contributed by atoms with E-state index in [1.165, 1.54) is 34.1 Å². The number of halogens is 1. The number of carbonyl (C=O) groups excluding carboxylic acids is 2. The first-order valence-electron chi connectivity index (χ1n) is 10.4. The molecule has 1 aliphatic rings. The number of Topliss-reactive ketones (excluding diaryl/α,β-unsaturated/α-hetero) is 1. The molecule has 4 aromatic rings. The summed E-state index contributed by atoms with van der Waals surface area (Å²) in [6, 6.07) is 13.1. The van der Waals surface area contributed by atoms with E-state index in [2.05, 4.69) is 15.2 Å². The number of hydrogen-bond donors (Lipinski definition) is 1. The van der Waals surface area contributed by atoms with Gasteiger partial charge >= 0.3 is 0 Å². The summed E-state index contributed by atoms with van der Waals surface area (Å²) in [5.41, 5.74) is 1.57. The van der Waals surface area contributed by atoms with Crippen LogP contribution in [0.3, 0.4) is 0 Å². The zero-order valence-corrected chi connectivity index (χ0v) is 20.6. The highest BCUT2D eigenvalue weighted by atomic mass is 35.5. The number of aliphatic hydroxyl groups is 1. The molecule has 0 radical (unpaired) electrons. The number of carbonyl (C=O) groups is 2. The Bertz CT molecular complexity index is 1430. The van der Waals surface area contributed by atoms with Crippen LogP contribution < -0.4 is 4.90 Å². The average molecular weight is 525 g/mol. The summed E-state index contributed by atoms with van der Waals surface area (Å²) < 4.78 is 6.11. The van der Waals surface area contributed by atoms with E-state index in [0.717, 1.165) is 5.56 Å². The molecule has 0 saturated carbocycles. The average Bonchev–Trinajstić information content (AvgIpc) is 3.57. The molecule has 8 nitrogen and oxygen atoms in total. The normalized spacial score (nSPS) is 15.8. The van der Waals surface area contributed by atoms with Gasteiger partial charge in [0.15, 0.2) is 15.9 Å². The summed E-state index contributed by atoms with van der Waals surface area (Å²) in [4.78, 5) is 31.8. The van der Waals surface area contributed by atoms with Crippen molar-refractivity contribution in [2.75, 3.05) is 4.90 Å². The maximum atomic E-state index is 13.3. The summed E-state index contributed by atoms with van der Waals surface area (Å²) in [6.45, 7) is 1.71. The number of thioether (sulfide) groups is 1. The molecular weight excluding hydrogens is 508 g/mol. The number of nitrogens with zero attached hydrogens (tertiary/aromatic N) is 4. The number of pyridine rings is 1. The van der Waals surface area contributed by atoms with Gasteiger partial charge in [-0.3, -0.25) is 19.5 Å². The summed E-state index contributed by atoms with van der Waals surface area (Å²) in [6.07, 6.45) is 3.11. The van der Waals surface area contributed by atoms with Crippen LogP contribution in [0.4, 0.5) is 5.13 Å². The van der Waals surface area contributed by atoms with Gasteiger partial charge in [-0.1, -0.05) is 46.8 Å². The van der Waals surface area contributed by atoms with Gasteiger partial charge in [0.05, 0.1) is 11.6 Å². The van der Waals surface area contributed by atoms with E-state index in [0.29, 0.717) is 26.4 Å². The Kier molecular flexibility index (Phi) is 6.42. The van der Waals surface area contributed by atoms with Crippen LogP contribution in [-0.2, 0) is 10.5 Å². The summed E-state index contributed by atoms with van der Waals surface area (Å²) >= 11 is 8.61. The smallest absolute Gasteiger partial charge is 0.296 e. The summed E-state index contributed by atoms with van der Waals surface area (Å²) in [7, 11) is 0. The Morgan fingerprint density at radius 3 is 2.57 bits per heavy atom. The zero-order chi connectivity index (χ0) is 24.5. The van der Waals surface area contributed by atoms with Crippen LogP contribution >= 0.6 is 34.7 Å². The third-order valence-electron chi connectivity index (χ3n) is 5.32. The van der Waals surface area contributed by atoms with Crippen LogP contribution in [0.25, 0.3) is 0 Å². The number of furan rings is 1. The van der Waals surface area contributed by atoms with Crippen LogP contribution in [-0.4, -0.2) is 32.0 Å². The molecule has 0 bridgehead atoms. The lowest BCUT2D eigenvalue weighted by Gasteiger charge is -2.23. The van der Waals surface area contributed by atoms with Gasteiger partial charge in [-0.15, -0.1) is 10.2 Å². The summed E-state index contributed by atoms with van der Waals surface area (Å²) in [5.74, 6) is -0.732. The van der Waals surface area contributed by atoms with Gasteiger partial charge in [0.25, 0.3) is 5.91 Å². The lowest BCUT2D eigenvalue weighted by atomic mass is 9.96. The van der Waals surface area contributed by atoms with E-state index in [-0.39, 0.29) is 16.5 Å². The van der Waals surface area contributed by atoms with E-state index in [1.54, 1.807) is 37.5 Å². The van der Waals surface area contributed by atoms with Gasteiger partial charge in [0.1, 0.15) is 5.76 Å². The highest BCUT2D eigenvalue weighted by Crippen LogP contribution is 2.43. The molecule has 11 heteroatoms. The first-order valence-corrected chi connectivity index (χ1v) is 12.6. The fourth-order valence-electron chi connectivity index (χ4n) is 3.67. The number of amides is 1. The Hall–Kier alpha value is -3.47. The van der Waals surface area contributed by atoms with Crippen LogP contribution in [0.2, 0.25) is 5.02 Å². The fourth-order valence-corrected chi connectivity index (χ4v) is 5.62. The Labute approximate surface area is 213 Å². The van der Waals surface area contributed by atoms with E-state index >= 15 is 0 Å². The maximum Gasteiger partial charge on any atom is 0.296 e. The van der Waals surface area contributed by atoms with Crippen molar-refractivity contribution in [3.63, 3.8) is 0 Å². The minimum atomic E-state index is -0.912. The predicted octanol–water partition coefficient (Wildman–Crippen LogP) is 5.56. The molecule has 176 valence electrons. The molecule has 35 heavy (non-hydrogen) atoms. The maximum absolute atomic E-state index is 13.3. The number of aromatic nitrogens is 3. The van der Waals surface area contributed by atoms with E-state index in [4.69, 9.17) is 16.0 Å². The first-order chi connectivity index (χ1) is 16.9. The molecule has 1 aromatic carbocycles. The Balaban J connectivity index is 1.47. The van der Waals surface area contributed by atoms with Crippen LogP contribution in [0.1, 0.15) is 33.5 Å². The lowest BCUT2D eigenvalue weighted by molar-refractivity contribution is -0.117. The minimum Gasteiger partial charge on any atom is -0.503 e. The molecule has 0 fully saturated rings. The molecule has 1 N–H and O–H groups in total. The largest absolute Gasteiger partial charge is 0.503 e. The lowest BCUT2D eigenvalue weighted by Crippen LogP contribution is -2.31. The molecule has 0 spiro atoms. The van der Waals surface area contributed by atoms with E-state index < -0.39 is 23.5 Å². The van der Waals surface area contributed by atoms with Crippen molar-refractivity contribution in [2.24, 2.45) is 0 Å². The number of aliphatic hydroxyl groups excluding tert-OH is 1. The van der Waals surface area contributed by atoms with Crippen molar-refractivity contribution in [3.8, 4) is 0 Å². The molecule has 1 amide bonds. The van der Waals surface area contributed by atoms with Gasteiger partial charge in [0, 0.05) is 23.2 Å². The van der Waals surface area contributed by atoms with Crippen LogP contribution in [0.15, 0.2) is 81.0 Å². The monoisotopic (exact) mass is 524 g/mol.